The molecule has 0 spiro atoms. The largest absolute Gasteiger partial charge is 0.416 e. The van der Waals surface area contributed by atoms with Crippen molar-refractivity contribution in [1.82, 2.24) is 9.29 Å². The van der Waals surface area contributed by atoms with Crippen molar-refractivity contribution in [2.75, 3.05) is 13.2 Å². The van der Waals surface area contributed by atoms with Crippen LogP contribution in [0.15, 0.2) is 53.5 Å². The summed E-state index contributed by atoms with van der Waals surface area (Å²) in [6.07, 6.45) is -0.0369. The molecule has 1 aliphatic rings. The predicted molar refractivity (Wildman–Crippen MR) is 111 cm³/mol. The molecular formula is C21H25F3N2O4S. The second-order valence-corrected chi connectivity index (χ2v) is 8.41. The van der Waals surface area contributed by atoms with Gasteiger partial charge in [0.05, 0.1) is 24.3 Å². The standard InChI is InChI=1S/C21H25F3N2O4S/c22-21(23,24)17-10-11-26(20(27)12-17)18(13-25-31(28)29)14-30-19-8-6-16(7-9-19)15-4-2-1-3-5-15/h1-5,10-12,16,18-19,25H,6-9,13-14H2,(H,28,29). The van der Waals surface area contributed by atoms with Gasteiger partial charge < -0.3 is 9.30 Å². The zero-order chi connectivity index (χ0) is 22.4. The average Bonchev–Trinajstić information content (AvgIpc) is 2.74. The Morgan fingerprint density at radius 1 is 1.16 bits per heavy atom. The number of ether oxygens (including phenoxy) is 1. The fourth-order valence-corrected chi connectivity index (χ4v) is 4.24. The zero-order valence-corrected chi connectivity index (χ0v) is 17.6. The quantitative estimate of drug-likeness (QED) is 0.589. The molecule has 0 amide bonds. The smallest absolute Gasteiger partial charge is 0.376 e. The Labute approximate surface area is 180 Å². The predicted octanol–water partition coefficient (Wildman–Crippen LogP) is 3.88. The van der Waals surface area contributed by atoms with Gasteiger partial charge in [0, 0.05) is 18.8 Å². The number of alkyl halides is 3. The summed E-state index contributed by atoms with van der Waals surface area (Å²) in [6.45, 7) is -0.0656. The van der Waals surface area contributed by atoms with Gasteiger partial charge in [0.1, 0.15) is 0 Å². The molecule has 3 rings (SSSR count). The maximum absolute atomic E-state index is 12.8. The van der Waals surface area contributed by atoms with E-state index < -0.39 is 34.6 Å². The Morgan fingerprint density at radius 2 is 1.84 bits per heavy atom. The maximum atomic E-state index is 12.8. The third-order valence-electron chi connectivity index (χ3n) is 5.58. The number of halogens is 3. The number of aromatic nitrogens is 1. The monoisotopic (exact) mass is 458 g/mol. The summed E-state index contributed by atoms with van der Waals surface area (Å²) in [5.41, 5.74) is -0.585. The van der Waals surface area contributed by atoms with Crippen molar-refractivity contribution in [3.05, 3.63) is 70.1 Å². The van der Waals surface area contributed by atoms with Gasteiger partial charge in [-0.25, -0.2) is 8.93 Å². The van der Waals surface area contributed by atoms with E-state index in [-0.39, 0.29) is 19.3 Å². The second kappa shape index (κ2) is 10.5. The van der Waals surface area contributed by atoms with Crippen LogP contribution in [0.2, 0.25) is 0 Å². The highest BCUT2D eigenvalue weighted by Crippen LogP contribution is 2.34. The van der Waals surface area contributed by atoms with Crippen LogP contribution in [0.1, 0.15) is 48.8 Å². The minimum atomic E-state index is -4.62. The molecule has 0 aliphatic heterocycles. The summed E-state index contributed by atoms with van der Waals surface area (Å²) in [6, 6.07) is 10.8. The van der Waals surface area contributed by atoms with Gasteiger partial charge in [0.25, 0.3) is 5.56 Å². The second-order valence-electron chi connectivity index (χ2n) is 7.63. The lowest BCUT2D eigenvalue weighted by Gasteiger charge is -2.30. The number of rotatable bonds is 8. The first-order valence-corrected chi connectivity index (χ1v) is 11.1. The van der Waals surface area contributed by atoms with E-state index in [1.54, 1.807) is 0 Å². The number of hydrogen-bond donors (Lipinski definition) is 2. The molecule has 2 N–H and O–H groups in total. The van der Waals surface area contributed by atoms with E-state index in [1.165, 1.54) is 5.56 Å². The first-order chi connectivity index (χ1) is 14.7. The van der Waals surface area contributed by atoms with Crippen LogP contribution in [-0.4, -0.2) is 32.6 Å². The minimum Gasteiger partial charge on any atom is -0.376 e. The van der Waals surface area contributed by atoms with E-state index in [1.807, 2.05) is 18.2 Å². The van der Waals surface area contributed by atoms with Crippen molar-refractivity contribution in [2.24, 2.45) is 0 Å². The van der Waals surface area contributed by atoms with Crippen LogP contribution in [0.4, 0.5) is 13.2 Å². The molecule has 1 saturated carbocycles. The first kappa shape index (κ1) is 23.6. The fraction of sp³-hybridized carbons (Fsp3) is 0.476. The van der Waals surface area contributed by atoms with Crippen LogP contribution in [0.5, 0.6) is 0 Å². The van der Waals surface area contributed by atoms with Crippen LogP contribution < -0.4 is 10.3 Å². The number of benzene rings is 1. The van der Waals surface area contributed by atoms with E-state index >= 15 is 0 Å². The third kappa shape index (κ3) is 6.73. The molecule has 0 saturated heterocycles. The molecule has 10 heteroatoms. The highest BCUT2D eigenvalue weighted by Gasteiger charge is 2.31. The lowest BCUT2D eigenvalue weighted by molar-refractivity contribution is -0.137. The Balaban J connectivity index is 1.63. The molecule has 1 heterocycles. The molecule has 31 heavy (non-hydrogen) atoms. The number of pyridine rings is 1. The first-order valence-electron chi connectivity index (χ1n) is 10.0. The van der Waals surface area contributed by atoms with Crippen molar-refractivity contribution in [2.45, 2.75) is 49.9 Å². The van der Waals surface area contributed by atoms with Crippen LogP contribution >= 0.6 is 0 Å². The van der Waals surface area contributed by atoms with E-state index in [4.69, 9.17) is 9.29 Å². The van der Waals surface area contributed by atoms with Gasteiger partial charge in [-0.3, -0.25) is 9.35 Å². The normalized spacial score (nSPS) is 21.5. The van der Waals surface area contributed by atoms with E-state index in [0.717, 1.165) is 42.5 Å². The molecule has 0 radical (unpaired) electrons. The highest BCUT2D eigenvalue weighted by atomic mass is 32.2. The fourth-order valence-electron chi connectivity index (χ4n) is 3.91. The summed E-state index contributed by atoms with van der Waals surface area (Å²) in [5.74, 6) is 0.466. The molecule has 2 aromatic rings. The molecule has 2 atom stereocenters. The van der Waals surface area contributed by atoms with Crippen molar-refractivity contribution >= 4 is 11.3 Å². The van der Waals surface area contributed by atoms with E-state index in [0.29, 0.717) is 12.0 Å². The lowest BCUT2D eigenvalue weighted by Crippen LogP contribution is -2.36. The van der Waals surface area contributed by atoms with Gasteiger partial charge in [-0.15, -0.1) is 0 Å². The Morgan fingerprint density at radius 3 is 2.42 bits per heavy atom. The third-order valence-corrected chi connectivity index (χ3v) is 5.99. The average molecular weight is 459 g/mol. The number of nitrogens with one attached hydrogen (secondary N) is 1. The SMILES string of the molecule is O=c1cc(C(F)(F)F)ccn1C(CNS(=O)O)COC1CCC(c2ccccc2)CC1. The molecule has 2 unspecified atom stereocenters. The number of nitrogens with zero attached hydrogens (tertiary/aromatic N) is 1. The van der Waals surface area contributed by atoms with Crippen LogP contribution in [0, 0.1) is 0 Å². The van der Waals surface area contributed by atoms with Gasteiger partial charge >= 0.3 is 6.18 Å². The van der Waals surface area contributed by atoms with E-state index in [9.17, 15) is 22.2 Å². The van der Waals surface area contributed by atoms with Crippen LogP contribution in [0.3, 0.4) is 0 Å². The lowest BCUT2D eigenvalue weighted by atomic mass is 9.83. The van der Waals surface area contributed by atoms with Crippen molar-refractivity contribution in [1.29, 1.82) is 0 Å². The van der Waals surface area contributed by atoms with Crippen LogP contribution in [0.25, 0.3) is 0 Å². The van der Waals surface area contributed by atoms with Crippen molar-refractivity contribution < 1.29 is 26.7 Å². The zero-order valence-electron chi connectivity index (χ0n) is 16.8. The topological polar surface area (TPSA) is 80.6 Å². The molecule has 1 fully saturated rings. The Bertz CT molecular complexity index is 928. The molecule has 6 nitrogen and oxygen atoms in total. The van der Waals surface area contributed by atoms with Gasteiger partial charge in [-0.1, -0.05) is 30.3 Å². The molecule has 1 aromatic heterocycles. The number of hydrogen-bond acceptors (Lipinski definition) is 3. The maximum Gasteiger partial charge on any atom is 0.416 e. The van der Waals surface area contributed by atoms with Gasteiger partial charge in [0.15, 0.2) is 0 Å². The summed E-state index contributed by atoms with van der Waals surface area (Å²) >= 11 is -2.32. The summed E-state index contributed by atoms with van der Waals surface area (Å²) < 4.78 is 67.9. The van der Waals surface area contributed by atoms with Crippen LogP contribution in [-0.2, 0) is 22.2 Å². The minimum absolute atomic E-state index is 0.0350. The van der Waals surface area contributed by atoms with E-state index in [2.05, 4.69) is 16.9 Å². The molecule has 0 bridgehead atoms. The highest BCUT2D eigenvalue weighted by molar-refractivity contribution is 7.77. The molecule has 1 aliphatic carbocycles. The van der Waals surface area contributed by atoms with Gasteiger partial charge in [-0.05, 0) is 43.2 Å². The molecule has 170 valence electrons. The summed E-state index contributed by atoms with van der Waals surface area (Å²) in [7, 11) is 0. The van der Waals surface area contributed by atoms with Gasteiger partial charge in [0.2, 0.25) is 11.3 Å². The Hall–Kier alpha value is -2.01. The summed E-state index contributed by atoms with van der Waals surface area (Å²) in [5, 5.41) is 0. The van der Waals surface area contributed by atoms with Crippen molar-refractivity contribution in [3.8, 4) is 0 Å². The summed E-state index contributed by atoms with van der Waals surface area (Å²) in [4.78, 5) is 12.3. The molecule has 1 aromatic carbocycles. The Kier molecular flexibility index (Phi) is 8.04. The molecular weight excluding hydrogens is 433 g/mol. The van der Waals surface area contributed by atoms with Crippen molar-refractivity contribution in [3.63, 3.8) is 0 Å². The van der Waals surface area contributed by atoms with Gasteiger partial charge in [-0.2, -0.15) is 13.2 Å².